The molecule has 0 aromatic rings. The quantitative estimate of drug-likeness (QED) is 0.771. The van der Waals surface area contributed by atoms with Gasteiger partial charge in [0, 0.05) is 18.6 Å². The van der Waals surface area contributed by atoms with E-state index in [1.54, 1.807) is 4.31 Å². The highest BCUT2D eigenvalue weighted by molar-refractivity contribution is 7.88. The molecule has 0 saturated carbocycles. The third kappa shape index (κ3) is 4.94. The van der Waals surface area contributed by atoms with E-state index < -0.39 is 10.0 Å². The van der Waals surface area contributed by atoms with Crippen molar-refractivity contribution >= 4 is 10.0 Å². The zero-order chi connectivity index (χ0) is 13.1. The molecular weight excluding hydrogens is 236 g/mol. The van der Waals surface area contributed by atoms with E-state index in [2.05, 4.69) is 4.90 Å². The lowest BCUT2D eigenvalue weighted by atomic mass is 10.1. The first kappa shape index (κ1) is 14.9. The molecule has 0 aromatic carbocycles. The van der Waals surface area contributed by atoms with Gasteiger partial charge in [-0.1, -0.05) is 6.42 Å². The van der Waals surface area contributed by atoms with Crippen LogP contribution in [0.1, 0.15) is 40.0 Å². The monoisotopic (exact) mass is 262 g/mol. The van der Waals surface area contributed by atoms with Crippen LogP contribution in [0.5, 0.6) is 0 Å². The third-order valence-corrected chi connectivity index (χ3v) is 4.75. The first-order chi connectivity index (χ1) is 7.71. The molecule has 0 atom stereocenters. The maximum Gasteiger partial charge on any atom is 0.211 e. The van der Waals surface area contributed by atoms with E-state index >= 15 is 0 Å². The van der Waals surface area contributed by atoms with Crippen molar-refractivity contribution in [3.63, 3.8) is 0 Å². The van der Waals surface area contributed by atoms with Crippen LogP contribution < -0.4 is 0 Å². The van der Waals surface area contributed by atoms with Crippen LogP contribution in [0.4, 0.5) is 0 Å². The van der Waals surface area contributed by atoms with Gasteiger partial charge in [-0.25, -0.2) is 8.42 Å². The van der Waals surface area contributed by atoms with Crippen LogP contribution in [0.25, 0.3) is 0 Å². The van der Waals surface area contributed by atoms with Crippen LogP contribution in [0.15, 0.2) is 0 Å². The molecule has 0 radical (unpaired) electrons. The summed E-state index contributed by atoms with van der Waals surface area (Å²) in [5.41, 5.74) is -0.330. The molecule has 0 amide bonds. The molecule has 0 bridgehead atoms. The van der Waals surface area contributed by atoms with Gasteiger partial charge < -0.3 is 4.90 Å². The van der Waals surface area contributed by atoms with E-state index in [1.165, 1.54) is 25.5 Å². The lowest BCUT2D eigenvalue weighted by Crippen LogP contribution is -2.48. The van der Waals surface area contributed by atoms with Crippen molar-refractivity contribution in [3.8, 4) is 0 Å². The normalized spacial score (nSPS) is 19.8. The van der Waals surface area contributed by atoms with Gasteiger partial charge in [0.15, 0.2) is 0 Å². The van der Waals surface area contributed by atoms with Gasteiger partial charge in [0.25, 0.3) is 0 Å². The minimum absolute atomic E-state index is 0.330. The second kappa shape index (κ2) is 5.67. The summed E-state index contributed by atoms with van der Waals surface area (Å²) < 4.78 is 25.1. The number of hydrogen-bond acceptors (Lipinski definition) is 3. The Morgan fingerprint density at radius 3 is 2.06 bits per heavy atom. The van der Waals surface area contributed by atoms with Gasteiger partial charge in [0.05, 0.1) is 6.26 Å². The van der Waals surface area contributed by atoms with E-state index in [1.807, 2.05) is 20.8 Å². The molecule has 0 spiro atoms. The topological polar surface area (TPSA) is 40.6 Å². The largest absolute Gasteiger partial charge is 0.302 e. The predicted molar refractivity (Wildman–Crippen MR) is 71.6 cm³/mol. The Kier molecular flexibility index (Phi) is 4.98. The molecule has 0 aliphatic carbocycles. The standard InChI is InChI=1S/C12H26N2O2S/c1-12(2,3)14(17(4,15)16)11-10-13-8-6-5-7-9-13/h5-11H2,1-4H3. The molecule has 102 valence electrons. The Labute approximate surface area is 106 Å². The van der Waals surface area contributed by atoms with Crippen LogP contribution in [-0.2, 0) is 10.0 Å². The average Bonchev–Trinajstić information content (AvgIpc) is 2.15. The summed E-state index contributed by atoms with van der Waals surface area (Å²) in [6.07, 6.45) is 5.10. The van der Waals surface area contributed by atoms with Gasteiger partial charge in [-0.15, -0.1) is 0 Å². The van der Waals surface area contributed by atoms with Crippen LogP contribution in [0, 0.1) is 0 Å². The Hall–Kier alpha value is -0.130. The summed E-state index contributed by atoms with van der Waals surface area (Å²) in [7, 11) is -3.12. The van der Waals surface area contributed by atoms with E-state index in [0.29, 0.717) is 6.54 Å². The molecule has 0 aromatic heterocycles. The lowest BCUT2D eigenvalue weighted by Gasteiger charge is -2.35. The van der Waals surface area contributed by atoms with Crippen LogP contribution >= 0.6 is 0 Å². The number of rotatable bonds is 4. The number of sulfonamides is 1. The Balaban J connectivity index is 2.56. The summed E-state index contributed by atoms with van der Waals surface area (Å²) in [5.74, 6) is 0. The van der Waals surface area contributed by atoms with Crippen molar-refractivity contribution in [2.45, 2.75) is 45.6 Å². The predicted octanol–water partition coefficient (Wildman–Crippen LogP) is 1.53. The zero-order valence-electron chi connectivity index (χ0n) is 11.6. The SMILES string of the molecule is CC(C)(C)N(CCN1CCCCC1)S(C)(=O)=O. The number of hydrogen-bond donors (Lipinski definition) is 0. The Morgan fingerprint density at radius 2 is 1.65 bits per heavy atom. The number of nitrogens with zero attached hydrogens (tertiary/aromatic N) is 2. The Morgan fingerprint density at radius 1 is 1.12 bits per heavy atom. The van der Waals surface area contributed by atoms with Gasteiger partial charge in [0.2, 0.25) is 10.0 Å². The van der Waals surface area contributed by atoms with Gasteiger partial charge in [-0.2, -0.15) is 4.31 Å². The zero-order valence-corrected chi connectivity index (χ0v) is 12.4. The van der Waals surface area contributed by atoms with E-state index in [4.69, 9.17) is 0 Å². The minimum atomic E-state index is -3.12. The van der Waals surface area contributed by atoms with Crippen LogP contribution in [0.3, 0.4) is 0 Å². The molecule has 4 nitrogen and oxygen atoms in total. The molecule has 17 heavy (non-hydrogen) atoms. The summed E-state index contributed by atoms with van der Waals surface area (Å²) in [6.45, 7) is 9.52. The molecule has 1 heterocycles. The van der Waals surface area contributed by atoms with Gasteiger partial charge in [-0.05, 0) is 46.7 Å². The number of piperidine rings is 1. The fraction of sp³-hybridized carbons (Fsp3) is 1.00. The molecule has 1 fully saturated rings. The van der Waals surface area contributed by atoms with Crippen LogP contribution in [-0.4, -0.2) is 55.6 Å². The summed E-state index contributed by atoms with van der Waals surface area (Å²) in [5, 5.41) is 0. The molecule has 1 rings (SSSR count). The molecule has 1 aliphatic rings. The van der Waals surface area contributed by atoms with Crippen LogP contribution in [0.2, 0.25) is 0 Å². The molecular formula is C12H26N2O2S. The van der Waals surface area contributed by atoms with E-state index in [-0.39, 0.29) is 5.54 Å². The third-order valence-electron chi connectivity index (χ3n) is 3.22. The summed E-state index contributed by atoms with van der Waals surface area (Å²) >= 11 is 0. The van der Waals surface area contributed by atoms with Crippen molar-refractivity contribution in [1.29, 1.82) is 0 Å². The second-order valence-corrected chi connectivity index (χ2v) is 7.82. The van der Waals surface area contributed by atoms with Gasteiger partial charge >= 0.3 is 0 Å². The maximum atomic E-state index is 11.8. The second-order valence-electron chi connectivity index (χ2n) is 5.91. The molecule has 1 saturated heterocycles. The smallest absolute Gasteiger partial charge is 0.211 e. The molecule has 0 unspecified atom stereocenters. The van der Waals surface area contributed by atoms with Crippen molar-refractivity contribution < 1.29 is 8.42 Å². The molecule has 0 N–H and O–H groups in total. The van der Waals surface area contributed by atoms with Crippen molar-refractivity contribution in [3.05, 3.63) is 0 Å². The highest BCUT2D eigenvalue weighted by atomic mass is 32.2. The first-order valence-electron chi connectivity index (χ1n) is 6.41. The minimum Gasteiger partial charge on any atom is -0.302 e. The van der Waals surface area contributed by atoms with Gasteiger partial charge in [0.1, 0.15) is 0 Å². The highest BCUT2D eigenvalue weighted by Crippen LogP contribution is 2.17. The molecule has 5 heteroatoms. The van der Waals surface area contributed by atoms with Crippen molar-refractivity contribution in [1.82, 2.24) is 9.21 Å². The first-order valence-corrected chi connectivity index (χ1v) is 8.26. The number of likely N-dealkylation sites (tertiary alicyclic amines) is 1. The summed E-state index contributed by atoms with van der Waals surface area (Å²) in [4.78, 5) is 2.37. The average molecular weight is 262 g/mol. The Bertz CT molecular complexity index is 327. The fourth-order valence-electron chi connectivity index (χ4n) is 2.41. The summed E-state index contributed by atoms with van der Waals surface area (Å²) in [6, 6.07) is 0. The molecule has 1 aliphatic heterocycles. The fourth-order valence-corrected chi connectivity index (χ4v) is 3.82. The highest BCUT2D eigenvalue weighted by Gasteiger charge is 2.29. The van der Waals surface area contributed by atoms with Gasteiger partial charge in [-0.3, -0.25) is 0 Å². The van der Waals surface area contributed by atoms with Crippen molar-refractivity contribution in [2.24, 2.45) is 0 Å². The van der Waals surface area contributed by atoms with E-state index in [0.717, 1.165) is 19.6 Å². The lowest BCUT2D eigenvalue weighted by molar-refractivity contribution is 0.180. The maximum absolute atomic E-state index is 11.8. The van der Waals surface area contributed by atoms with Crippen molar-refractivity contribution in [2.75, 3.05) is 32.4 Å². The van der Waals surface area contributed by atoms with E-state index in [9.17, 15) is 8.42 Å².